The summed E-state index contributed by atoms with van der Waals surface area (Å²) < 4.78 is 5.41. The zero-order chi connectivity index (χ0) is 12.2. The zero-order valence-corrected chi connectivity index (χ0v) is 10.3. The van der Waals surface area contributed by atoms with E-state index in [2.05, 4.69) is 5.32 Å². The van der Waals surface area contributed by atoms with Crippen molar-refractivity contribution in [1.29, 1.82) is 0 Å². The van der Waals surface area contributed by atoms with Gasteiger partial charge in [0.15, 0.2) is 0 Å². The first-order chi connectivity index (χ1) is 7.44. The summed E-state index contributed by atoms with van der Waals surface area (Å²) in [6.07, 6.45) is 0. The molecule has 0 saturated heterocycles. The maximum Gasteiger partial charge on any atom is 0.255 e. The molecule has 0 fully saturated rings. The van der Waals surface area contributed by atoms with E-state index in [-0.39, 0.29) is 11.4 Å². The van der Waals surface area contributed by atoms with Gasteiger partial charge in [0.1, 0.15) is 5.75 Å². The van der Waals surface area contributed by atoms with Crippen molar-refractivity contribution in [3.63, 3.8) is 0 Å². The van der Waals surface area contributed by atoms with Gasteiger partial charge in [-0.1, -0.05) is 12.1 Å². The van der Waals surface area contributed by atoms with Crippen LogP contribution in [0.2, 0.25) is 0 Å². The number of nitrogens with one attached hydrogen (secondary N) is 1. The van der Waals surface area contributed by atoms with E-state index in [1.165, 1.54) is 0 Å². The van der Waals surface area contributed by atoms with Gasteiger partial charge in [0.2, 0.25) is 0 Å². The van der Waals surface area contributed by atoms with Gasteiger partial charge in [-0.15, -0.1) is 0 Å². The first kappa shape index (κ1) is 12.6. The van der Waals surface area contributed by atoms with Crippen LogP contribution < -0.4 is 10.1 Å². The van der Waals surface area contributed by atoms with Crippen molar-refractivity contribution < 1.29 is 9.53 Å². The molecule has 0 saturated carbocycles. The first-order valence-corrected chi connectivity index (χ1v) is 5.48. The van der Waals surface area contributed by atoms with Gasteiger partial charge in [-0.3, -0.25) is 4.79 Å². The SMILES string of the molecule is CCOc1ccccc1C(=O)NC(C)(C)C. The van der Waals surface area contributed by atoms with Crippen molar-refractivity contribution >= 4 is 5.91 Å². The average Bonchev–Trinajstić information content (AvgIpc) is 2.16. The van der Waals surface area contributed by atoms with Crippen molar-refractivity contribution in [1.82, 2.24) is 5.32 Å². The molecule has 16 heavy (non-hydrogen) atoms. The predicted molar refractivity (Wildman–Crippen MR) is 64.8 cm³/mol. The molecule has 0 aliphatic rings. The van der Waals surface area contributed by atoms with E-state index in [0.717, 1.165) is 0 Å². The van der Waals surface area contributed by atoms with Gasteiger partial charge < -0.3 is 10.1 Å². The monoisotopic (exact) mass is 221 g/mol. The van der Waals surface area contributed by atoms with Crippen LogP contribution in [0.25, 0.3) is 0 Å². The lowest BCUT2D eigenvalue weighted by Crippen LogP contribution is -2.40. The first-order valence-electron chi connectivity index (χ1n) is 5.48. The molecule has 0 aliphatic heterocycles. The minimum absolute atomic E-state index is 0.100. The third-order valence-corrected chi connectivity index (χ3v) is 1.92. The quantitative estimate of drug-likeness (QED) is 0.852. The molecule has 0 aromatic heterocycles. The smallest absolute Gasteiger partial charge is 0.255 e. The fourth-order valence-electron chi connectivity index (χ4n) is 1.34. The summed E-state index contributed by atoms with van der Waals surface area (Å²) in [5.41, 5.74) is 0.343. The molecule has 1 aromatic rings. The summed E-state index contributed by atoms with van der Waals surface area (Å²) in [4.78, 5) is 12.0. The van der Waals surface area contributed by atoms with E-state index in [0.29, 0.717) is 17.9 Å². The highest BCUT2D eigenvalue weighted by atomic mass is 16.5. The zero-order valence-electron chi connectivity index (χ0n) is 10.3. The Labute approximate surface area is 96.8 Å². The van der Waals surface area contributed by atoms with Crippen LogP contribution in [0.15, 0.2) is 24.3 Å². The van der Waals surface area contributed by atoms with E-state index in [4.69, 9.17) is 4.74 Å². The van der Waals surface area contributed by atoms with Gasteiger partial charge >= 0.3 is 0 Å². The molecule has 0 heterocycles. The van der Waals surface area contributed by atoms with Crippen LogP contribution in [0.1, 0.15) is 38.1 Å². The minimum Gasteiger partial charge on any atom is -0.493 e. The number of para-hydroxylation sites is 1. The van der Waals surface area contributed by atoms with E-state index in [1.807, 2.05) is 39.8 Å². The van der Waals surface area contributed by atoms with E-state index in [1.54, 1.807) is 12.1 Å². The highest BCUT2D eigenvalue weighted by Gasteiger charge is 2.17. The Morgan fingerprint density at radius 2 is 1.94 bits per heavy atom. The fourth-order valence-corrected chi connectivity index (χ4v) is 1.34. The molecule has 0 aliphatic carbocycles. The fraction of sp³-hybridized carbons (Fsp3) is 0.462. The van der Waals surface area contributed by atoms with E-state index in [9.17, 15) is 4.79 Å². The Morgan fingerprint density at radius 3 is 2.50 bits per heavy atom. The second-order valence-electron chi connectivity index (χ2n) is 4.63. The molecular weight excluding hydrogens is 202 g/mol. The van der Waals surface area contributed by atoms with Crippen LogP contribution in [0.4, 0.5) is 0 Å². The molecular formula is C13H19NO2. The van der Waals surface area contributed by atoms with Crippen molar-refractivity contribution in [3.05, 3.63) is 29.8 Å². The van der Waals surface area contributed by atoms with Gasteiger partial charge in [0.05, 0.1) is 12.2 Å². The summed E-state index contributed by atoms with van der Waals surface area (Å²) in [6, 6.07) is 7.27. The highest BCUT2D eigenvalue weighted by molar-refractivity contribution is 5.97. The minimum atomic E-state index is -0.240. The van der Waals surface area contributed by atoms with Gasteiger partial charge in [-0.25, -0.2) is 0 Å². The number of benzene rings is 1. The molecule has 3 nitrogen and oxygen atoms in total. The molecule has 1 aromatic carbocycles. The second kappa shape index (κ2) is 5.01. The third kappa shape index (κ3) is 3.57. The third-order valence-electron chi connectivity index (χ3n) is 1.92. The van der Waals surface area contributed by atoms with E-state index >= 15 is 0 Å². The number of carbonyl (C=O) groups excluding carboxylic acids is 1. The number of amides is 1. The lowest BCUT2D eigenvalue weighted by Gasteiger charge is -2.21. The summed E-state index contributed by atoms with van der Waals surface area (Å²) in [5, 5.41) is 2.92. The van der Waals surface area contributed by atoms with Gasteiger partial charge in [-0.05, 0) is 39.8 Å². The summed E-state index contributed by atoms with van der Waals surface area (Å²) in [7, 11) is 0. The molecule has 88 valence electrons. The lowest BCUT2D eigenvalue weighted by molar-refractivity contribution is 0.0916. The number of hydrogen-bond acceptors (Lipinski definition) is 2. The molecule has 3 heteroatoms. The van der Waals surface area contributed by atoms with Gasteiger partial charge in [0.25, 0.3) is 5.91 Å². The molecule has 0 bridgehead atoms. The number of carbonyl (C=O) groups is 1. The Kier molecular flexibility index (Phi) is 3.93. The van der Waals surface area contributed by atoms with Gasteiger partial charge in [-0.2, -0.15) is 0 Å². The summed E-state index contributed by atoms with van der Waals surface area (Å²) in [5.74, 6) is 0.531. The molecule has 0 atom stereocenters. The molecule has 0 spiro atoms. The van der Waals surface area contributed by atoms with Crippen LogP contribution >= 0.6 is 0 Å². The highest BCUT2D eigenvalue weighted by Crippen LogP contribution is 2.18. The lowest BCUT2D eigenvalue weighted by atomic mass is 10.1. The normalized spacial score (nSPS) is 11.0. The molecule has 1 N–H and O–H groups in total. The average molecular weight is 221 g/mol. The van der Waals surface area contributed by atoms with Crippen LogP contribution in [0.3, 0.4) is 0 Å². The topological polar surface area (TPSA) is 38.3 Å². The number of ether oxygens (including phenoxy) is 1. The maximum atomic E-state index is 12.0. The molecule has 1 rings (SSSR count). The Bertz CT molecular complexity index is 366. The standard InChI is InChI=1S/C13H19NO2/c1-5-16-11-9-7-6-8-10(11)12(15)14-13(2,3)4/h6-9H,5H2,1-4H3,(H,14,15). The van der Waals surface area contributed by atoms with Crippen LogP contribution in [-0.2, 0) is 0 Å². The number of hydrogen-bond donors (Lipinski definition) is 1. The summed E-state index contributed by atoms with van der Waals surface area (Å²) in [6.45, 7) is 8.31. The van der Waals surface area contributed by atoms with Crippen LogP contribution in [0, 0.1) is 0 Å². The van der Waals surface area contributed by atoms with Crippen LogP contribution in [0.5, 0.6) is 5.75 Å². The van der Waals surface area contributed by atoms with Crippen LogP contribution in [-0.4, -0.2) is 18.1 Å². The summed E-state index contributed by atoms with van der Waals surface area (Å²) >= 11 is 0. The maximum absolute atomic E-state index is 12.0. The number of rotatable bonds is 3. The Hall–Kier alpha value is -1.51. The van der Waals surface area contributed by atoms with Crippen molar-refractivity contribution in [3.8, 4) is 5.75 Å². The largest absolute Gasteiger partial charge is 0.493 e. The molecule has 0 unspecified atom stereocenters. The Morgan fingerprint density at radius 1 is 1.31 bits per heavy atom. The van der Waals surface area contributed by atoms with Gasteiger partial charge in [0, 0.05) is 5.54 Å². The van der Waals surface area contributed by atoms with E-state index < -0.39 is 0 Å². The predicted octanol–water partition coefficient (Wildman–Crippen LogP) is 2.61. The molecule has 0 radical (unpaired) electrons. The van der Waals surface area contributed by atoms with Crippen molar-refractivity contribution in [2.24, 2.45) is 0 Å². The second-order valence-corrected chi connectivity index (χ2v) is 4.63. The van der Waals surface area contributed by atoms with Crippen molar-refractivity contribution in [2.45, 2.75) is 33.2 Å². The molecule has 1 amide bonds. The Balaban J connectivity index is 2.90. The van der Waals surface area contributed by atoms with Crippen molar-refractivity contribution in [2.75, 3.05) is 6.61 Å².